The molecule has 1 aliphatic rings. The topological polar surface area (TPSA) is 59.0 Å². The fourth-order valence-electron chi connectivity index (χ4n) is 6.21. The number of unbranched alkanes of at least 4 members (excludes halogenated alkanes) is 3. The Hall–Kier alpha value is 0.260. The van der Waals surface area contributed by atoms with Gasteiger partial charge in [-0.05, 0) is 0 Å². The summed E-state index contributed by atoms with van der Waals surface area (Å²) in [5, 5.41) is 10.8. The average molecular weight is 611 g/mol. The van der Waals surface area contributed by atoms with Gasteiger partial charge in [-0.25, -0.2) is 0 Å². The molecule has 1 rings (SSSR count). The Morgan fingerprint density at radius 3 is 1.89 bits per heavy atom. The van der Waals surface area contributed by atoms with Gasteiger partial charge in [0, 0.05) is 0 Å². The summed E-state index contributed by atoms with van der Waals surface area (Å²) in [4.78, 5) is 19.5. The third-order valence-corrected chi connectivity index (χ3v) is 19.5. The molecule has 0 bridgehead atoms. The SMILES string of the molecule is CCCCP(Br)(CCCC)(CCCC)CCCOC(=O)C(C)ON1C(C)(CC)CC(O)C(C)C1(C)CC. The molecule has 5 nitrogen and oxygen atoms in total. The predicted octanol–water partition coefficient (Wildman–Crippen LogP) is 8.54. The van der Waals surface area contributed by atoms with Crippen LogP contribution in [-0.4, -0.2) is 70.7 Å². The average Bonchev–Trinajstić information content (AvgIpc) is 2.89. The van der Waals surface area contributed by atoms with Crippen LogP contribution in [0.1, 0.15) is 127 Å². The standard InChI is InChI=1S/C30H61BrNO4P/c1-10-15-20-37(31,21-16-11-2,22-17-12-3)23-18-19-35-28(34)26(7)36-32-29(8,13-4)24-27(33)25(6)30(32,9)14-5/h25-27,33H,10-24H2,1-9H3. The van der Waals surface area contributed by atoms with Crippen LogP contribution >= 0.6 is 20.8 Å². The van der Waals surface area contributed by atoms with E-state index in [0.29, 0.717) is 13.0 Å². The first-order chi connectivity index (χ1) is 17.3. The van der Waals surface area contributed by atoms with Gasteiger partial charge in [-0.2, -0.15) is 0 Å². The van der Waals surface area contributed by atoms with Crippen molar-refractivity contribution < 1.29 is 19.5 Å². The number of carbonyl (C=O) groups excluding carboxylic acids is 1. The molecule has 0 aliphatic carbocycles. The number of esters is 1. The molecule has 1 heterocycles. The van der Waals surface area contributed by atoms with Crippen LogP contribution in [0.5, 0.6) is 0 Å². The van der Waals surface area contributed by atoms with Gasteiger partial charge < -0.3 is 0 Å². The van der Waals surface area contributed by atoms with Crippen molar-refractivity contribution in [1.29, 1.82) is 0 Å². The summed E-state index contributed by atoms with van der Waals surface area (Å²) >= 11 is 4.45. The van der Waals surface area contributed by atoms with Gasteiger partial charge in [0.25, 0.3) is 0 Å². The van der Waals surface area contributed by atoms with E-state index in [4.69, 9.17) is 9.57 Å². The third-order valence-electron chi connectivity index (χ3n) is 9.55. The molecule has 5 unspecified atom stereocenters. The number of halogens is 1. The van der Waals surface area contributed by atoms with Crippen molar-refractivity contribution in [1.82, 2.24) is 5.06 Å². The van der Waals surface area contributed by atoms with Crippen LogP contribution < -0.4 is 0 Å². The summed E-state index contributed by atoms with van der Waals surface area (Å²) in [5.41, 5.74) is -0.696. The quantitative estimate of drug-likeness (QED) is 0.0958. The summed E-state index contributed by atoms with van der Waals surface area (Å²) < 4.78 is 5.81. The summed E-state index contributed by atoms with van der Waals surface area (Å²) in [6.07, 6.45) is 14.7. The Bertz CT molecular complexity index is 670. The first kappa shape index (κ1) is 35.3. The van der Waals surface area contributed by atoms with Gasteiger partial charge in [-0.3, -0.25) is 0 Å². The molecule has 1 fully saturated rings. The van der Waals surface area contributed by atoms with Crippen molar-refractivity contribution in [3.63, 3.8) is 0 Å². The fraction of sp³-hybridized carbons (Fsp3) is 0.967. The molecule has 0 aromatic rings. The first-order valence-electron chi connectivity index (χ1n) is 15.3. The molecular formula is C30H61BrNO4P. The second kappa shape index (κ2) is 15.3. The number of aliphatic hydroxyl groups excluding tert-OH is 1. The Balaban J connectivity index is 2.86. The number of piperidine rings is 1. The van der Waals surface area contributed by atoms with Gasteiger partial charge in [0.15, 0.2) is 0 Å². The van der Waals surface area contributed by atoms with Crippen LogP contribution in [0.15, 0.2) is 0 Å². The molecule has 1 N–H and O–H groups in total. The Morgan fingerprint density at radius 2 is 1.46 bits per heavy atom. The molecule has 222 valence electrons. The van der Waals surface area contributed by atoms with E-state index < -0.39 is 11.4 Å². The number of hydroxylamine groups is 2. The van der Waals surface area contributed by atoms with Gasteiger partial charge in [0.1, 0.15) is 0 Å². The molecular weight excluding hydrogens is 549 g/mol. The van der Waals surface area contributed by atoms with Crippen molar-refractivity contribution >= 4 is 26.8 Å². The van der Waals surface area contributed by atoms with E-state index in [1.165, 1.54) is 57.0 Å². The molecule has 0 aromatic carbocycles. The van der Waals surface area contributed by atoms with Gasteiger partial charge in [-0.15, -0.1) is 0 Å². The van der Waals surface area contributed by atoms with Crippen LogP contribution in [0, 0.1) is 5.92 Å². The molecule has 0 saturated carbocycles. The number of ether oxygens (including phenoxy) is 1. The third kappa shape index (κ3) is 9.13. The van der Waals surface area contributed by atoms with Crippen LogP contribution in [0.25, 0.3) is 0 Å². The molecule has 1 aliphatic heterocycles. The summed E-state index contributed by atoms with van der Waals surface area (Å²) in [6.45, 7) is 19.7. The van der Waals surface area contributed by atoms with Crippen LogP contribution in [0.3, 0.4) is 0 Å². The van der Waals surface area contributed by atoms with Crippen LogP contribution in [0.4, 0.5) is 0 Å². The minimum atomic E-state index is -1.99. The minimum absolute atomic E-state index is 0.0441. The van der Waals surface area contributed by atoms with Crippen LogP contribution in [0.2, 0.25) is 0 Å². The molecule has 37 heavy (non-hydrogen) atoms. The van der Waals surface area contributed by atoms with Crippen molar-refractivity contribution in [3.8, 4) is 0 Å². The zero-order valence-electron chi connectivity index (χ0n) is 25.8. The maximum atomic E-state index is 13.1. The number of hydrogen-bond acceptors (Lipinski definition) is 5. The van der Waals surface area contributed by atoms with E-state index in [0.717, 1.165) is 25.4 Å². The maximum absolute atomic E-state index is 13.1. The van der Waals surface area contributed by atoms with E-state index in [-0.39, 0.29) is 29.1 Å². The Morgan fingerprint density at radius 1 is 0.973 bits per heavy atom. The molecule has 5 atom stereocenters. The van der Waals surface area contributed by atoms with Crippen molar-refractivity contribution in [2.45, 2.75) is 150 Å². The van der Waals surface area contributed by atoms with E-state index in [1.54, 1.807) is 6.92 Å². The number of aliphatic hydroxyl groups is 1. The van der Waals surface area contributed by atoms with Crippen molar-refractivity contribution in [3.05, 3.63) is 0 Å². The predicted molar refractivity (Wildman–Crippen MR) is 165 cm³/mol. The van der Waals surface area contributed by atoms with Crippen LogP contribution in [-0.2, 0) is 14.4 Å². The fourth-order valence-corrected chi connectivity index (χ4v) is 14.8. The molecule has 0 radical (unpaired) electrons. The monoisotopic (exact) mass is 609 g/mol. The molecule has 0 spiro atoms. The van der Waals surface area contributed by atoms with Gasteiger partial charge in [-0.1, -0.05) is 0 Å². The number of rotatable bonds is 18. The number of nitrogens with zero attached hydrogens (tertiary/aromatic N) is 1. The summed E-state index contributed by atoms with van der Waals surface area (Å²) in [5.74, 6) is -0.246. The zero-order valence-corrected chi connectivity index (χ0v) is 28.3. The van der Waals surface area contributed by atoms with Crippen molar-refractivity contribution in [2.75, 3.05) is 31.3 Å². The molecule has 0 amide bonds. The Kier molecular flexibility index (Phi) is 14.6. The summed E-state index contributed by atoms with van der Waals surface area (Å²) in [6, 6.07) is 0. The van der Waals surface area contributed by atoms with E-state index in [9.17, 15) is 9.90 Å². The molecule has 0 aromatic heterocycles. The van der Waals surface area contributed by atoms with Crippen molar-refractivity contribution in [2.24, 2.45) is 5.92 Å². The first-order valence-corrected chi connectivity index (χ1v) is 20.3. The zero-order chi connectivity index (χ0) is 28.4. The van der Waals surface area contributed by atoms with E-state index in [1.807, 2.05) is 5.06 Å². The summed E-state index contributed by atoms with van der Waals surface area (Å²) in [7, 11) is 0. The number of carbonyl (C=O) groups is 1. The second-order valence-electron chi connectivity index (χ2n) is 12.5. The normalized spacial score (nSPS) is 29.0. The van der Waals surface area contributed by atoms with Gasteiger partial charge in [0.05, 0.1) is 0 Å². The molecule has 7 heteroatoms. The number of hydrogen-bond donors (Lipinski definition) is 1. The second-order valence-corrected chi connectivity index (χ2v) is 23.9. The van der Waals surface area contributed by atoms with Gasteiger partial charge >= 0.3 is 238 Å². The Labute approximate surface area is 237 Å². The van der Waals surface area contributed by atoms with E-state index >= 15 is 0 Å². The van der Waals surface area contributed by atoms with E-state index in [2.05, 4.69) is 70.9 Å². The van der Waals surface area contributed by atoms with Gasteiger partial charge in [0.2, 0.25) is 0 Å². The molecule has 1 saturated heterocycles.